The van der Waals surface area contributed by atoms with Crippen molar-refractivity contribution in [3.05, 3.63) is 65.7 Å². The minimum atomic E-state index is -0.935. The highest BCUT2D eigenvalue weighted by atomic mass is 16.4. The maximum atomic E-state index is 10.6. The third kappa shape index (κ3) is 2.66. The number of hydrogen-bond acceptors (Lipinski definition) is 1. The van der Waals surface area contributed by atoms with Crippen LogP contribution in [0.15, 0.2) is 54.6 Å². The number of carbonyl (C=O) groups is 1. The van der Waals surface area contributed by atoms with E-state index in [0.29, 0.717) is 0 Å². The molecule has 1 N–H and O–H groups in total. The van der Waals surface area contributed by atoms with Crippen LogP contribution in [0.25, 0.3) is 17.2 Å². The number of carboxylic acid groups (broad SMARTS) is 1. The number of benzene rings is 2. The smallest absolute Gasteiger partial charge is 0.328 e. The second kappa shape index (κ2) is 5.32. The molecule has 0 aliphatic carbocycles. The molecule has 0 aromatic heterocycles. The molecule has 2 rings (SSSR count). The Kier molecular flexibility index (Phi) is 3.58. The zero-order valence-electron chi connectivity index (χ0n) is 10.1. The second-order valence-corrected chi connectivity index (χ2v) is 4.08. The van der Waals surface area contributed by atoms with Crippen LogP contribution in [0.2, 0.25) is 0 Å². The molecule has 0 saturated heterocycles. The van der Waals surface area contributed by atoms with Crippen molar-refractivity contribution in [1.29, 1.82) is 0 Å². The lowest BCUT2D eigenvalue weighted by molar-refractivity contribution is -0.131. The number of carboxylic acids is 1. The van der Waals surface area contributed by atoms with Gasteiger partial charge >= 0.3 is 5.97 Å². The Bertz CT molecular complexity index is 583. The summed E-state index contributed by atoms with van der Waals surface area (Å²) < 4.78 is 0. The van der Waals surface area contributed by atoms with E-state index in [1.807, 2.05) is 55.5 Å². The summed E-state index contributed by atoms with van der Waals surface area (Å²) in [6, 6.07) is 15.9. The third-order valence-electron chi connectivity index (χ3n) is 2.77. The molecule has 0 heterocycles. The highest BCUT2D eigenvalue weighted by Crippen LogP contribution is 2.28. The van der Waals surface area contributed by atoms with Crippen LogP contribution in [0.3, 0.4) is 0 Å². The molecule has 0 saturated carbocycles. The largest absolute Gasteiger partial charge is 0.478 e. The van der Waals surface area contributed by atoms with Crippen molar-refractivity contribution in [1.82, 2.24) is 0 Å². The van der Waals surface area contributed by atoms with Gasteiger partial charge in [-0.3, -0.25) is 0 Å². The Morgan fingerprint density at radius 1 is 1.06 bits per heavy atom. The average Bonchev–Trinajstić information content (AvgIpc) is 2.37. The summed E-state index contributed by atoms with van der Waals surface area (Å²) in [5, 5.41) is 8.72. The van der Waals surface area contributed by atoms with Crippen LogP contribution in [0.1, 0.15) is 11.1 Å². The van der Waals surface area contributed by atoms with Gasteiger partial charge in [-0.05, 0) is 35.3 Å². The van der Waals surface area contributed by atoms with Crippen molar-refractivity contribution in [3.8, 4) is 11.1 Å². The quantitative estimate of drug-likeness (QED) is 0.827. The first-order valence-electron chi connectivity index (χ1n) is 5.74. The van der Waals surface area contributed by atoms with Gasteiger partial charge in [0.2, 0.25) is 0 Å². The molecule has 0 amide bonds. The van der Waals surface area contributed by atoms with Gasteiger partial charge in [-0.1, -0.05) is 48.5 Å². The van der Waals surface area contributed by atoms with E-state index >= 15 is 0 Å². The molecule has 0 bridgehead atoms. The average molecular weight is 238 g/mol. The SMILES string of the molecule is Cc1cccc(C=CC(=O)O)c1-c1ccccc1. The summed E-state index contributed by atoms with van der Waals surface area (Å²) in [6.07, 6.45) is 2.80. The molecule has 0 aliphatic heterocycles. The third-order valence-corrected chi connectivity index (χ3v) is 2.77. The zero-order chi connectivity index (χ0) is 13.0. The van der Waals surface area contributed by atoms with E-state index in [1.165, 1.54) is 6.08 Å². The van der Waals surface area contributed by atoms with E-state index in [4.69, 9.17) is 5.11 Å². The van der Waals surface area contributed by atoms with Gasteiger partial charge < -0.3 is 5.11 Å². The van der Waals surface area contributed by atoms with Crippen LogP contribution < -0.4 is 0 Å². The van der Waals surface area contributed by atoms with Gasteiger partial charge in [-0.15, -0.1) is 0 Å². The van der Waals surface area contributed by atoms with Crippen molar-refractivity contribution >= 4 is 12.0 Å². The maximum Gasteiger partial charge on any atom is 0.328 e. The molecule has 0 aliphatic rings. The lowest BCUT2D eigenvalue weighted by Gasteiger charge is -2.10. The Hall–Kier alpha value is -2.35. The maximum absolute atomic E-state index is 10.6. The molecule has 2 aromatic rings. The first-order valence-corrected chi connectivity index (χ1v) is 5.74. The van der Waals surface area contributed by atoms with E-state index in [-0.39, 0.29) is 0 Å². The number of aryl methyl sites for hydroxylation is 1. The summed E-state index contributed by atoms with van der Waals surface area (Å²) in [7, 11) is 0. The summed E-state index contributed by atoms with van der Waals surface area (Å²) in [4.78, 5) is 10.6. The van der Waals surface area contributed by atoms with Gasteiger partial charge in [0.05, 0.1) is 0 Å². The van der Waals surface area contributed by atoms with Crippen molar-refractivity contribution in [2.24, 2.45) is 0 Å². The summed E-state index contributed by atoms with van der Waals surface area (Å²) in [5.41, 5.74) is 4.23. The predicted molar refractivity (Wildman–Crippen MR) is 73.3 cm³/mol. The monoisotopic (exact) mass is 238 g/mol. The van der Waals surface area contributed by atoms with Crippen molar-refractivity contribution < 1.29 is 9.90 Å². The molecule has 18 heavy (non-hydrogen) atoms. The molecular weight excluding hydrogens is 224 g/mol. The molecule has 0 atom stereocenters. The first-order chi connectivity index (χ1) is 8.68. The summed E-state index contributed by atoms with van der Waals surface area (Å²) in [5.74, 6) is -0.935. The van der Waals surface area contributed by atoms with Crippen LogP contribution in [-0.2, 0) is 4.79 Å². The molecule has 90 valence electrons. The van der Waals surface area contributed by atoms with Crippen molar-refractivity contribution in [3.63, 3.8) is 0 Å². The van der Waals surface area contributed by atoms with Gasteiger partial charge in [0, 0.05) is 6.08 Å². The van der Waals surface area contributed by atoms with Crippen molar-refractivity contribution in [2.45, 2.75) is 6.92 Å². The van der Waals surface area contributed by atoms with Crippen LogP contribution in [0, 0.1) is 6.92 Å². The van der Waals surface area contributed by atoms with Crippen LogP contribution in [0.4, 0.5) is 0 Å². The lowest BCUT2D eigenvalue weighted by atomic mass is 9.95. The van der Waals surface area contributed by atoms with Crippen LogP contribution in [0.5, 0.6) is 0 Å². The van der Waals surface area contributed by atoms with E-state index < -0.39 is 5.97 Å². The highest BCUT2D eigenvalue weighted by molar-refractivity contribution is 5.88. The van der Waals surface area contributed by atoms with E-state index in [0.717, 1.165) is 22.3 Å². The van der Waals surface area contributed by atoms with Crippen LogP contribution >= 0.6 is 0 Å². The molecule has 0 radical (unpaired) electrons. The summed E-state index contributed by atoms with van der Waals surface area (Å²) in [6.45, 7) is 2.03. The van der Waals surface area contributed by atoms with Gasteiger partial charge in [0.1, 0.15) is 0 Å². The number of aliphatic carboxylic acids is 1. The molecule has 2 aromatic carbocycles. The van der Waals surface area contributed by atoms with E-state index in [9.17, 15) is 4.79 Å². The number of hydrogen-bond donors (Lipinski definition) is 1. The predicted octanol–water partition coefficient (Wildman–Crippen LogP) is 3.76. The minimum absolute atomic E-state index is 0.920. The summed E-state index contributed by atoms with van der Waals surface area (Å²) >= 11 is 0. The second-order valence-electron chi connectivity index (χ2n) is 4.08. The molecule has 0 unspecified atom stereocenters. The highest BCUT2D eigenvalue weighted by Gasteiger charge is 2.05. The molecular formula is C16H14O2. The fraction of sp³-hybridized carbons (Fsp3) is 0.0625. The normalized spacial score (nSPS) is 10.7. The Morgan fingerprint density at radius 2 is 1.78 bits per heavy atom. The Morgan fingerprint density at radius 3 is 2.44 bits per heavy atom. The van der Waals surface area contributed by atoms with Gasteiger partial charge in [-0.2, -0.15) is 0 Å². The lowest BCUT2D eigenvalue weighted by Crippen LogP contribution is -1.90. The van der Waals surface area contributed by atoms with E-state index in [1.54, 1.807) is 6.08 Å². The first kappa shape index (κ1) is 12.1. The fourth-order valence-electron chi connectivity index (χ4n) is 1.99. The molecule has 2 nitrogen and oxygen atoms in total. The van der Waals surface area contributed by atoms with Gasteiger partial charge in [0.25, 0.3) is 0 Å². The minimum Gasteiger partial charge on any atom is -0.478 e. The number of rotatable bonds is 3. The molecule has 2 heteroatoms. The van der Waals surface area contributed by atoms with Crippen LogP contribution in [-0.4, -0.2) is 11.1 Å². The Balaban J connectivity index is 2.55. The van der Waals surface area contributed by atoms with Gasteiger partial charge in [0.15, 0.2) is 0 Å². The standard InChI is InChI=1S/C16H14O2/c1-12-6-5-9-14(10-11-15(17)18)16(12)13-7-3-2-4-8-13/h2-11H,1H3,(H,17,18). The van der Waals surface area contributed by atoms with E-state index in [2.05, 4.69) is 0 Å². The zero-order valence-corrected chi connectivity index (χ0v) is 10.1. The molecule has 0 spiro atoms. The fourth-order valence-corrected chi connectivity index (χ4v) is 1.99. The topological polar surface area (TPSA) is 37.3 Å². The molecule has 0 fully saturated rings. The van der Waals surface area contributed by atoms with Crippen molar-refractivity contribution in [2.75, 3.05) is 0 Å². The van der Waals surface area contributed by atoms with Gasteiger partial charge in [-0.25, -0.2) is 4.79 Å². The Labute approximate surface area is 106 Å².